The normalized spacial score (nSPS) is 33.7. The Kier molecular flexibility index (Phi) is 2.85. The van der Waals surface area contributed by atoms with Crippen molar-refractivity contribution in [2.24, 2.45) is 0 Å². The molecule has 1 N–H and O–H groups in total. The molecule has 1 aliphatic carbocycles. The van der Waals surface area contributed by atoms with Crippen LogP contribution in [0.1, 0.15) is 6.92 Å². The highest BCUT2D eigenvalue weighted by Crippen LogP contribution is 2.29. The van der Waals surface area contributed by atoms with E-state index in [4.69, 9.17) is 23.2 Å². The predicted octanol–water partition coefficient (Wildman–Crippen LogP) is 2.04. The molecule has 0 spiro atoms. The van der Waals surface area contributed by atoms with Crippen molar-refractivity contribution in [3.05, 3.63) is 23.3 Å². The van der Waals surface area contributed by atoms with Crippen LogP contribution in [0.4, 0.5) is 0 Å². The Hall–Kier alpha value is -0.420. The van der Waals surface area contributed by atoms with E-state index in [1.807, 2.05) is 0 Å². The first-order valence-corrected chi connectivity index (χ1v) is 4.21. The Morgan fingerprint density at radius 2 is 2.33 bits per heavy atom. The summed E-state index contributed by atoms with van der Waals surface area (Å²) in [5.74, 6) is 5.34. The summed E-state index contributed by atoms with van der Waals surface area (Å²) in [6.45, 7) is 1.66. The second-order valence-electron chi connectivity index (χ2n) is 2.48. The first-order chi connectivity index (χ1) is 5.58. The van der Waals surface area contributed by atoms with E-state index < -0.39 is 11.0 Å². The van der Waals surface area contributed by atoms with Crippen LogP contribution < -0.4 is 0 Å². The highest BCUT2D eigenvalue weighted by atomic mass is 35.5. The number of halogens is 2. The van der Waals surface area contributed by atoms with Crippen LogP contribution in [0, 0.1) is 11.8 Å². The van der Waals surface area contributed by atoms with Gasteiger partial charge in [-0.25, -0.2) is 0 Å². The van der Waals surface area contributed by atoms with Crippen molar-refractivity contribution in [3.63, 3.8) is 0 Å². The largest absolute Gasteiger partial charge is 0.386 e. The van der Waals surface area contributed by atoms with Gasteiger partial charge in [0.05, 0.1) is 0 Å². The topological polar surface area (TPSA) is 20.2 Å². The van der Waals surface area contributed by atoms with Crippen LogP contribution in [0.2, 0.25) is 0 Å². The molecule has 0 amide bonds. The van der Waals surface area contributed by atoms with Crippen molar-refractivity contribution in [1.29, 1.82) is 0 Å². The zero-order chi connectivity index (χ0) is 9.19. The van der Waals surface area contributed by atoms with Gasteiger partial charge in [0.15, 0.2) is 4.87 Å². The van der Waals surface area contributed by atoms with Crippen molar-refractivity contribution in [3.8, 4) is 11.8 Å². The quantitative estimate of drug-likeness (QED) is 0.471. The molecule has 0 saturated carbocycles. The minimum Gasteiger partial charge on any atom is -0.386 e. The number of aliphatic hydroxyl groups excluding tert-OH is 1. The minimum absolute atomic E-state index is 0.498. The number of hydrogen-bond donors (Lipinski definition) is 1. The van der Waals surface area contributed by atoms with E-state index in [1.165, 1.54) is 12.2 Å². The lowest BCUT2D eigenvalue weighted by molar-refractivity contribution is 0.209. The van der Waals surface area contributed by atoms with Crippen LogP contribution in [0.15, 0.2) is 23.3 Å². The van der Waals surface area contributed by atoms with Gasteiger partial charge in [-0.1, -0.05) is 35.2 Å². The molecule has 64 valence electrons. The lowest BCUT2D eigenvalue weighted by Gasteiger charge is -2.24. The Bertz CT molecular complexity index is 295. The van der Waals surface area contributed by atoms with E-state index in [9.17, 15) is 5.11 Å². The average molecular weight is 203 g/mol. The lowest BCUT2D eigenvalue weighted by Crippen LogP contribution is -2.33. The Morgan fingerprint density at radius 3 is 2.92 bits per heavy atom. The summed E-state index contributed by atoms with van der Waals surface area (Å²) in [6, 6.07) is 0. The summed E-state index contributed by atoms with van der Waals surface area (Å²) in [5.41, 5.74) is 0. The van der Waals surface area contributed by atoms with Crippen LogP contribution in [0.25, 0.3) is 0 Å². The fraction of sp³-hybridized carbons (Fsp3) is 0.333. The number of allylic oxidation sites excluding steroid dienone is 2. The average Bonchev–Trinajstić information content (AvgIpc) is 1.98. The molecule has 1 rings (SSSR count). The minimum atomic E-state index is -1.05. The molecule has 0 unspecified atom stereocenters. The fourth-order valence-corrected chi connectivity index (χ4v) is 1.54. The second kappa shape index (κ2) is 3.53. The number of hydrogen-bond acceptors (Lipinski definition) is 1. The van der Waals surface area contributed by atoms with E-state index in [1.54, 1.807) is 13.0 Å². The second-order valence-corrected chi connectivity index (χ2v) is 3.54. The van der Waals surface area contributed by atoms with Gasteiger partial charge in [-0.15, -0.1) is 5.92 Å². The first kappa shape index (κ1) is 9.67. The van der Waals surface area contributed by atoms with Gasteiger partial charge in [0, 0.05) is 5.03 Å². The molecule has 0 heterocycles. The molecule has 0 saturated heterocycles. The van der Waals surface area contributed by atoms with Gasteiger partial charge >= 0.3 is 0 Å². The monoisotopic (exact) mass is 202 g/mol. The summed E-state index contributed by atoms with van der Waals surface area (Å²) >= 11 is 11.7. The van der Waals surface area contributed by atoms with E-state index in [-0.39, 0.29) is 0 Å². The van der Waals surface area contributed by atoms with Crippen LogP contribution in [-0.4, -0.2) is 16.1 Å². The number of alkyl halides is 1. The molecule has 0 aromatic rings. The van der Waals surface area contributed by atoms with E-state index in [0.717, 1.165) is 0 Å². The van der Waals surface area contributed by atoms with Crippen LogP contribution in [-0.2, 0) is 0 Å². The third-order valence-electron chi connectivity index (χ3n) is 1.53. The zero-order valence-electron chi connectivity index (χ0n) is 6.51. The van der Waals surface area contributed by atoms with Gasteiger partial charge in [-0.2, -0.15) is 0 Å². The summed E-state index contributed by atoms with van der Waals surface area (Å²) < 4.78 is 0. The molecule has 0 aromatic carbocycles. The highest BCUT2D eigenvalue weighted by molar-refractivity contribution is 6.34. The number of aliphatic hydroxyl groups is 1. The molecule has 1 aliphatic rings. The molecular weight excluding hydrogens is 195 g/mol. The first-order valence-electron chi connectivity index (χ1n) is 3.46. The molecule has 12 heavy (non-hydrogen) atoms. The molecular formula is C9H8Cl2O. The summed E-state index contributed by atoms with van der Waals surface area (Å²) in [5, 5.41) is 9.95. The third-order valence-corrected chi connectivity index (χ3v) is 2.19. The summed E-state index contributed by atoms with van der Waals surface area (Å²) in [4.78, 5) is -1.05. The molecule has 0 radical (unpaired) electrons. The van der Waals surface area contributed by atoms with E-state index in [0.29, 0.717) is 5.03 Å². The van der Waals surface area contributed by atoms with Crippen molar-refractivity contribution >= 4 is 23.2 Å². The van der Waals surface area contributed by atoms with Gasteiger partial charge in [0.1, 0.15) is 6.10 Å². The predicted molar refractivity (Wildman–Crippen MR) is 51.1 cm³/mol. The molecule has 2 atom stereocenters. The highest BCUT2D eigenvalue weighted by Gasteiger charge is 2.32. The van der Waals surface area contributed by atoms with Crippen molar-refractivity contribution in [2.75, 3.05) is 0 Å². The summed E-state index contributed by atoms with van der Waals surface area (Å²) in [6.07, 6.45) is 3.87. The van der Waals surface area contributed by atoms with Crippen molar-refractivity contribution in [2.45, 2.75) is 17.9 Å². The zero-order valence-corrected chi connectivity index (χ0v) is 8.02. The van der Waals surface area contributed by atoms with Gasteiger partial charge in [-0.3, -0.25) is 0 Å². The van der Waals surface area contributed by atoms with E-state index in [2.05, 4.69) is 11.8 Å². The van der Waals surface area contributed by atoms with Crippen molar-refractivity contribution in [1.82, 2.24) is 0 Å². The molecule has 0 bridgehead atoms. The lowest BCUT2D eigenvalue weighted by atomic mass is 9.97. The van der Waals surface area contributed by atoms with Gasteiger partial charge in [0.2, 0.25) is 0 Å². The van der Waals surface area contributed by atoms with Crippen LogP contribution in [0.5, 0.6) is 0 Å². The van der Waals surface area contributed by atoms with Crippen LogP contribution >= 0.6 is 23.2 Å². The Morgan fingerprint density at radius 1 is 1.67 bits per heavy atom. The maximum absolute atomic E-state index is 9.45. The van der Waals surface area contributed by atoms with Gasteiger partial charge < -0.3 is 5.11 Å². The SMILES string of the molecule is CC#C[C@@]1(Cl)C=C(Cl)C=C[C@@H]1O. The molecule has 0 aliphatic heterocycles. The molecule has 3 heteroatoms. The molecule has 0 aromatic heterocycles. The van der Waals surface area contributed by atoms with Crippen molar-refractivity contribution < 1.29 is 5.11 Å². The fourth-order valence-electron chi connectivity index (χ4n) is 0.959. The Labute approximate surface area is 81.7 Å². The maximum atomic E-state index is 9.45. The molecule has 1 nitrogen and oxygen atoms in total. The standard InChI is InChI=1S/C9H8Cl2O/c1-2-5-9(11)6-7(10)3-4-8(9)12/h3-4,6,8,12H,1H3/t8-,9+/m0/s1. The molecule has 0 fully saturated rings. The van der Waals surface area contributed by atoms with Gasteiger partial charge in [0.25, 0.3) is 0 Å². The summed E-state index contributed by atoms with van der Waals surface area (Å²) in [7, 11) is 0. The Balaban J connectivity index is 3.02. The van der Waals surface area contributed by atoms with E-state index >= 15 is 0 Å². The smallest absolute Gasteiger partial charge is 0.154 e. The van der Waals surface area contributed by atoms with Gasteiger partial charge in [-0.05, 0) is 19.1 Å². The maximum Gasteiger partial charge on any atom is 0.154 e. The third kappa shape index (κ3) is 1.84. The number of rotatable bonds is 0. The van der Waals surface area contributed by atoms with Crippen LogP contribution in [0.3, 0.4) is 0 Å².